The fourth-order valence-electron chi connectivity index (χ4n) is 5.03. The third-order valence-electron chi connectivity index (χ3n) is 7.09. The number of nitrogens with zero attached hydrogens (tertiary/aromatic N) is 2. The molecule has 2 unspecified atom stereocenters. The Bertz CT molecular complexity index is 837. The molecule has 2 amide bonds. The Hall–Kier alpha value is -1.77. The number of nitrogens with one attached hydrogen (secondary N) is 1. The predicted molar refractivity (Wildman–Crippen MR) is 130 cm³/mol. The van der Waals surface area contributed by atoms with Gasteiger partial charge in [-0.3, -0.25) is 13.8 Å². The Kier molecular flexibility index (Phi) is 9.47. The van der Waals surface area contributed by atoms with Crippen LogP contribution in [-0.2, 0) is 31.7 Å². The zero-order chi connectivity index (χ0) is 24.0. The molecule has 8 heteroatoms. The topological polar surface area (TPSA) is 79.0 Å². The molecule has 2 aliphatic rings. The number of amides is 2. The second-order valence-electron chi connectivity index (χ2n) is 9.16. The van der Waals surface area contributed by atoms with E-state index in [2.05, 4.69) is 24.1 Å². The van der Waals surface area contributed by atoms with E-state index in [9.17, 15) is 13.8 Å². The van der Waals surface area contributed by atoms with Gasteiger partial charge in [0.05, 0.1) is 17.4 Å². The summed E-state index contributed by atoms with van der Waals surface area (Å²) in [5.74, 6) is -0.0630. The van der Waals surface area contributed by atoms with Crippen LogP contribution in [0.25, 0.3) is 0 Å². The van der Waals surface area contributed by atoms with Crippen LogP contribution in [0.15, 0.2) is 29.2 Å². The molecule has 0 radical (unpaired) electrons. The minimum Gasteiger partial charge on any atom is -0.383 e. The van der Waals surface area contributed by atoms with Crippen molar-refractivity contribution in [1.82, 2.24) is 15.1 Å². The number of piperazine rings is 1. The van der Waals surface area contributed by atoms with Gasteiger partial charge >= 0.3 is 0 Å². The molecule has 2 heterocycles. The van der Waals surface area contributed by atoms with Crippen LogP contribution in [0, 0.1) is 5.92 Å². The van der Waals surface area contributed by atoms with Gasteiger partial charge in [0.1, 0.15) is 12.1 Å². The molecular weight excluding hydrogens is 438 g/mol. The summed E-state index contributed by atoms with van der Waals surface area (Å²) in [5.41, 5.74) is 0.879. The van der Waals surface area contributed by atoms with Gasteiger partial charge in [0.2, 0.25) is 11.8 Å². The first-order valence-corrected chi connectivity index (χ1v) is 13.4. The fourth-order valence-corrected chi connectivity index (χ4v) is 6.63. The first-order chi connectivity index (χ1) is 15.9. The van der Waals surface area contributed by atoms with Crippen LogP contribution in [0.1, 0.15) is 52.0 Å². The van der Waals surface area contributed by atoms with Crippen LogP contribution in [-0.4, -0.2) is 76.5 Å². The highest BCUT2D eigenvalue weighted by Gasteiger charge is 2.42. The molecule has 3 atom stereocenters. The van der Waals surface area contributed by atoms with Gasteiger partial charge < -0.3 is 19.9 Å². The number of hydrogen-bond donors (Lipinski definition) is 1. The van der Waals surface area contributed by atoms with E-state index in [1.165, 1.54) is 0 Å². The number of carbonyl (C=O) groups excluding carboxylic acids is 2. The maximum absolute atomic E-state index is 13.6. The summed E-state index contributed by atoms with van der Waals surface area (Å²) < 4.78 is 18.8. The normalized spacial score (nSPS) is 23.7. The Balaban J connectivity index is 1.79. The molecule has 0 aromatic heterocycles. The van der Waals surface area contributed by atoms with E-state index in [1.54, 1.807) is 18.9 Å². The zero-order valence-electron chi connectivity index (χ0n) is 20.4. The Morgan fingerprint density at radius 1 is 1.15 bits per heavy atom. The lowest BCUT2D eigenvalue weighted by atomic mass is 9.89. The van der Waals surface area contributed by atoms with Crippen LogP contribution in [0.5, 0.6) is 0 Å². The monoisotopic (exact) mass is 477 g/mol. The van der Waals surface area contributed by atoms with E-state index in [4.69, 9.17) is 4.74 Å². The van der Waals surface area contributed by atoms with Gasteiger partial charge in [0.15, 0.2) is 0 Å². The molecule has 0 aliphatic carbocycles. The molecular formula is C25H39N3O4S. The number of carbonyl (C=O) groups is 2. The number of likely N-dealkylation sites (tertiary alicyclic amines) is 1. The van der Waals surface area contributed by atoms with Crippen LogP contribution in [0.4, 0.5) is 0 Å². The molecule has 7 nitrogen and oxygen atoms in total. The molecule has 2 saturated heterocycles. The van der Waals surface area contributed by atoms with E-state index in [0.717, 1.165) is 55.8 Å². The predicted octanol–water partition coefficient (Wildman–Crippen LogP) is 2.56. The third kappa shape index (κ3) is 6.03. The molecule has 0 saturated carbocycles. The maximum Gasteiger partial charge on any atom is 0.245 e. The van der Waals surface area contributed by atoms with Crippen molar-refractivity contribution in [3.8, 4) is 0 Å². The molecule has 33 heavy (non-hydrogen) atoms. The quantitative estimate of drug-likeness (QED) is 0.560. The van der Waals surface area contributed by atoms with Gasteiger partial charge in [-0.15, -0.1) is 0 Å². The lowest BCUT2D eigenvalue weighted by Gasteiger charge is -2.41. The van der Waals surface area contributed by atoms with Crippen LogP contribution in [0.2, 0.25) is 0 Å². The van der Waals surface area contributed by atoms with Crippen LogP contribution < -0.4 is 5.32 Å². The average Bonchev–Trinajstić information content (AvgIpc) is 2.83. The maximum atomic E-state index is 13.6. The Morgan fingerprint density at radius 3 is 2.45 bits per heavy atom. The lowest BCUT2D eigenvalue weighted by molar-refractivity contribution is -0.152. The number of piperidine rings is 1. The smallest absolute Gasteiger partial charge is 0.245 e. The summed E-state index contributed by atoms with van der Waals surface area (Å²) in [7, 11) is 0.555. The summed E-state index contributed by atoms with van der Waals surface area (Å²) in [6.07, 6.45) is 3.40. The molecule has 1 aromatic rings. The minimum atomic E-state index is -1.16. The van der Waals surface area contributed by atoms with Gasteiger partial charge in [-0.05, 0) is 50.4 Å². The highest BCUT2D eigenvalue weighted by Crippen LogP contribution is 2.28. The highest BCUT2D eigenvalue weighted by atomic mass is 32.2. The second kappa shape index (κ2) is 12.1. The molecule has 184 valence electrons. The molecule has 2 fully saturated rings. The fraction of sp³-hybridized carbons (Fsp3) is 0.680. The van der Waals surface area contributed by atoms with Crippen molar-refractivity contribution in [3.05, 3.63) is 29.8 Å². The second-order valence-corrected chi connectivity index (χ2v) is 10.9. The third-order valence-corrected chi connectivity index (χ3v) is 9.00. The van der Waals surface area contributed by atoms with Crippen molar-refractivity contribution in [2.75, 3.05) is 33.4 Å². The summed E-state index contributed by atoms with van der Waals surface area (Å²) in [6.45, 7) is 9.62. The van der Waals surface area contributed by atoms with Gasteiger partial charge in [-0.2, -0.15) is 0 Å². The first kappa shape index (κ1) is 25.8. The van der Waals surface area contributed by atoms with Gasteiger partial charge in [-0.25, -0.2) is 0 Å². The van der Waals surface area contributed by atoms with Crippen molar-refractivity contribution >= 4 is 22.6 Å². The van der Waals surface area contributed by atoms with E-state index in [-0.39, 0.29) is 23.0 Å². The van der Waals surface area contributed by atoms with E-state index in [1.807, 2.05) is 24.3 Å². The summed E-state index contributed by atoms with van der Waals surface area (Å²) in [5, 5.41) is 2.94. The molecule has 0 spiro atoms. The lowest BCUT2D eigenvalue weighted by Crippen LogP contribution is -2.64. The minimum absolute atomic E-state index is 0.0708. The summed E-state index contributed by atoms with van der Waals surface area (Å²) in [6, 6.07) is 6.68. The number of benzene rings is 1. The van der Waals surface area contributed by atoms with Crippen LogP contribution >= 0.6 is 0 Å². The average molecular weight is 478 g/mol. The van der Waals surface area contributed by atoms with E-state index >= 15 is 0 Å². The SMILES string of the molecule is CCC(CC)C1C(=O)N[C@H](C)C(=O)N1Cc1ccccc1S(=O)C1CCN(CCOC)CC1. The molecule has 3 rings (SSSR count). The standard InChI is InChI=1S/C25H39N3O4S/c1-5-19(6-2)23-24(29)26-18(3)25(30)28(23)17-20-9-7-8-10-22(20)33(31)21-11-13-27(14-12-21)15-16-32-4/h7-10,18-19,21,23H,5-6,11-17H2,1-4H3,(H,26,29)/t18-,23?,33?/m1/s1. The number of hydrogen-bond acceptors (Lipinski definition) is 5. The first-order valence-electron chi connectivity index (χ1n) is 12.2. The van der Waals surface area contributed by atoms with Crippen molar-refractivity contribution in [2.24, 2.45) is 5.92 Å². The van der Waals surface area contributed by atoms with Crippen molar-refractivity contribution in [2.45, 2.75) is 75.2 Å². The van der Waals surface area contributed by atoms with Crippen molar-refractivity contribution in [1.29, 1.82) is 0 Å². The zero-order valence-corrected chi connectivity index (χ0v) is 21.2. The van der Waals surface area contributed by atoms with Gasteiger partial charge in [-0.1, -0.05) is 44.9 Å². The largest absolute Gasteiger partial charge is 0.383 e. The number of methoxy groups -OCH3 is 1. The number of rotatable bonds is 10. The Morgan fingerprint density at radius 2 is 1.82 bits per heavy atom. The summed E-state index contributed by atoms with van der Waals surface area (Å²) >= 11 is 0. The number of ether oxygens (including phenoxy) is 1. The summed E-state index contributed by atoms with van der Waals surface area (Å²) in [4.78, 5) is 30.9. The highest BCUT2D eigenvalue weighted by molar-refractivity contribution is 7.85. The van der Waals surface area contributed by atoms with E-state index < -0.39 is 22.9 Å². The van der Waals surface area contributed by atoms with Crippen molar-refractivity contribution < 1.29 is 18.5 Å². The van der Waals surface area contributed by atoms with Crippen LogP contribution in [0.3, 0.4) is 0 Å². The molecule has 1 aromatic carbocycles. The Labute approximate surface area is 200 Å². The molecule has 1 N–H and O–H groups in total. The van der Waals surface area contributed by atoms with Gasteiger partial charge in [0, 0.05) is 30.3 Å². The van der Waals surface area contributed by atoms with E-state index in [0.29, 0.717) is 13.2 Å². The van der Waals surface area contributed by atoms with Gasteiger partial charge in [0.25, 0.3) is 0 Å². The van der Waals surface area contributed by atoms with Crippen molar-refractivity contribution in [3.63, 3.8) is 0 Å². The molecule has 0 bridgehead atoms. The molecule has 2 aliphatic heterocycles.